The van der Waals surface area contributed by atoms with Crippen molar-refractivity contribution in [1.29, 1.82) is 0 Å². The SMILES string of the molecule is COC1CCC(Nc2nccn3c(C4CC4)nnc23)C1. The van der Waals surface area contributed by atoms with Crippen molar-refractivity contribution in [1.82, 2.24) is 19.6 Å². The van der Waals surface area contributed by atoms with Crippen LogP contribution < -0.4 is 5.32 Å². The molecule has 2 aromatic heterocycles. The van der Waals surface area contributed by atoms with Crippen LogP contribution in [-0.2, 0) is 4.74 Å². The number of nitrogens with zero attached hydrogens (tertiary/aromatic N) is 4. The van der Waals surface area contributed by atoms with E-state index in [1.807, 2.05) is 12.4 Å². The van der Waals surface area contributed by atoms with Gasteiger partial charge >= 0.3 is 0 Å². The molecule has 2 saturated carbocycles. The molecule has 0 radical (unpaired) electrons. The summed E-state index contributed by atoms with van der Waals surface area (Å²) in [5.74, 6) is 2.50. The lowest BCUT2D eigenvalue weighted by Crippen LogP contribution is -2.18. The maximum Gasteiger partial charge on any atom is 0.203 e. The van der Waals surface area contributed by atoms with Gasteiger partial charge in [0.05, 0.1) is 6.10 Å². The van der Waals surface area contributed by atoms with Crippen LogP contribution in [0.4, 0.5) is 5.82 Å². The summed E-state index contributed by atoms with van der Waals surface area (Å²) in [5.41, 5.74) is 0.843. The second kappa shape index (κ2) is 4.70. The number of anilines is 1. The fraction of sp³-hybridized carbons (Fsp3) is 0.643. The van der Waals surface area contributed by atoms with Gasteiger partial charge in [-0.25, -0.2) is 4.98 Å². The van der Waals surface area contributed by atoms with Crippen molar-refractivity contribution < 1.29 is 4.74 Å². The van der Waals surface area contributed by atoms with E-state index in [0.29, 0.717) is 18.1 Å². The Labute approximate surface area is 117 Å². The number of ether oxygens (including phenoxy) is 1. The highest BCUT2D eigenvalue weighted by molar-refractivity contribution is 5.62. The molecule has 4 rings (SSSR count). The minimum atomic E-state index is 0.368. The number of aromatic nitrogens is 4. The molecule has 2 aliphatic carbocycles. The monoisotopic (exact) mass is 273 g/mol. The van der Waals surface area contributed by atoms with Crippen molar-refractivity contribution in [3.8, 4) is 0 Å². The molecule has 0 spiro atoms. The molecule has 0 saturated heterocycles. The zero-order valence-electron chi connectivity index (χ0n) is 11.6. The lowest BCUT2D eigenvalue weighted by Gasteiger charge is -2.13. The molecular weight excluding hydrogens is 254 g/mol. The quantitative estimate of drug-likeness (QED) is 0.922. The first-order valence-electron chi connectivity index (χ1n) is 7.34. The average molecular weight is 273 g/mol. The summed E-state index contributed by atoms with van der Waals surface area (Å²) in [7, 11) is 1.78. The van der Waals surface area contributed by atoms with Crippen LogP contribution in [0.5, 0.6) is 0 Å². The van der Waals surface area contributed by atoms with Crippen molar-refractivity contribution in [2.75, 3.05) is 12.4 Å². The number of nitrogens with one attached hydrogen (secondary N) is 1. The molecule has 2 aliphatic rings. The largest absolute Gasteiger partial charge is 0.381 e. The molecule has 6 nitrogen and oxygen atoms in total. The summed E-state index contributed by atoms with van der Waals surface area (Å²) >= 11 is 0. The maximum absolute atomic E-state index is 5.42. The highest BCUT2D eigenvalue weighted by atomic mass is 16.5. The van der Waals surface area contributed by atoms with Crippen LogP contribution in [0.2, 0.25) is 0 Å². The van der Waals surface area contributed by atoms with Crippen LogP contribution in [-0.4, -0.2) is 38.8 Å². The van der Waals surface area contributed by atoms with Gasteiger partial charge in [0.2, 0.25) is 5.65 Å². The predicted molar refractivity (Wildman–Crippen MR) is 74.8 cm³/mol. The van der Waals surface area contributed by atoms with Gasteiger partial charge in [-0.2, -0.15) is 0 Å². The van der Waals surface area contributed by atoms with Gasteiger partial charge in [0.15, 0.2) is 5.82 Å². The van der Waals surface area contributed by atoms with E-state index in [1.165, 1.54) is 12.8 Å². The Morgan fingerprint density at radius 2 is 2.15 bits per heavy atom. The Bertz CT molecular complexity index is 621. The Balaban J connectivity index is 1.60. The highest BCUT2D eigenvalue weighted by Gasteiger charge is 2.30. The Morgan fingerprint density at radius 1 is 1.25 bits per heavy atom. The first-order chi connectivity index (χ1) is 9.85. The minimum absolute atomic E-state index is 0.368. The van der Waals surface area contributed by atoms with Gasteiger partial charge in [-0.3, -0.25) is 4.40 Å². The molecule has 0 bridgehead atoms. The molecule has 20 heavy (non-hydrogen) atoms. The zero-order chi connectivity index (χ0) is 13.5. The molecule has 2 aromatic rings. The molecule has 6 heteroatoms. The number of methoxy groups -OCH3 is 1. The standard InChI is InChI=1S/C14H19N5O/c1-20-11-5-4-10(8-11)16-12-14-18-17-13(9-2-3-9)19(14)7-6-15-12/h6-7,9-11H,2-5,8H2,1H3,(H,15,16). The topological polar surface area (TPSA) is 64.3 Å². The molecule has 2 unspecified atom stereocenters. The van der Waals surface area contributed by atoms with E-state index in [1.54, 1.807) is 7.11 Å². The van der Waals surface area contributed by atoms with Crippen LogP contribution >= 0.6 is 0 Å². The molecule has 1 N–H and O–H groups in total. The zero-order valence-corrected chi connectivity index (χ0v) is 11.6. The van der Waals surface area contributed by atoms with E-state index >= 15 is 0 Å². The van der Waals surface area contributed by atoms with Crippen LogP contribution in [0.3, 0.4) is 0 Å². The predicted octanol–water partition coefficient (Wildman–Crippen LogP) is 1.98. The third-order valence-electron chi connectivity index (χ3n) is 4.35. The van der Waals surface area contributed by atoms with Crippen molar-refractivity contribution in [3.63, 3.8) is 0 Å². The smallest absolute Gasteiger partial charge is 0.203 e. The summed E-state index contributed by atoms with van der Waals surface area (Å²) in [5, 5.41) is 12.2. The van der Waals surface area contributed by atoms with Gasteiger partial charge in [-0.1, -0.05) is 0 Å². The van der Waals surface area contributed by atoms with Crippen LogP contribution in [0.1, 0.15) is 43.8 Å². The first kappa shape index (κ1) is 12.1. The minimum Gasteiger partial charge on any atom is -0.381 e. The van der Waals surface area contributed by atoms with Gasteiger partial charge < -0.3 is 10.1 Å². The highest BCUT2D eigenvalue weighted by Crippen LogP contribution is 2.39. The number of hydrogen-bond donors (Lipinski definition) is 1. The third-order valence-corrected chi connectivity index (χ3v) is 4.35. The summed E-state index contributed by atoms with van der Waals surface area (Å²) in [4.78, 5) is 4.44. The summed E-state index contributed by atoms with van der Waals surface area (Å²) in [6.45, 7) is 0. The number of fused-ring (bicyclic) bond motifs is 1. The fourth-order valence-corrected chi connectivity index (χ4v) is 3.04. The van der Waals surface area contributed by atoms with E-state index < -0.39 is 0 Å². The summed E-state index contributed by atoms with van der Waals surface area (Å²) in [6, 6.07) is 0.416. The van der Waals surface area contributed by atoms with Gasteiger partial charge in [-0.15, -0.1) is 10.2 Å². The molecule has 2 atom stereocenters. The molecule has 0 amide bonds. The molecular formula is C14H19N5O. The second-order valence-corrected chi connectivity index (χ2v) is 5.81. The summed E-state index contributed by atoms with van der Waals surface area (Å²) in [6.07, 6.45) is 9.86. The number of hydrogen-bond acceptors (Lipinski definition) is 5. The van der Waals surface area contributed by atoms with Crippen molar-refractivity contribution in [2.24, 2.45) is 0 Å². The average Bonchev–Trinajstić information content (AvgIpc) is 3.05. The Morgan fingerprint density at radius 3 is 2.90 bits per heavy atom. The van der Waals surface area contributed by atoms with Crippen molar-refractivity contribution >= 4 is 11.5 Å². The lowest BCUT2D eigenvalue weighted by atomic mass is 10.2. The normalized spacial score (nSPS) is 26.2. The van der Waals surface area contributed by atoms with Gasteiger partial charge in [0, 0.05) is 31.5 Å². The Kier molecular flexibility index (Phi) is 2.84. The molecule has 106 valence electrons. The third kappa shape index (κ3) is 2.04. The Hall–Kier alpha value is -1.69. The van der Waals surface area contributed by atoms with E-state index in [-0.39, 0.29) is 0 Å². The van der Waals surface area contributed by atoms with Crippen LogP contribution in [0.25, 0.3) is 5.65 Å². The van der Waals surface area contributed by atoms with E-state index in [9.17, 15) is 0 Å². The van der Waals surface area contributed by atoms with E-state index in [0.717, 1.165) is 36.6 Å². The van der Waals surface area contributed by atoms with Crippen molar-refractivity contribution in [2.45, 2.75) is 50.2 Å². The number of rotatable bonds is 4. The van der Waals surface area contributed by atoms with Gasteiger partial charge in [0.25, 0.3) is 0 Å². The van der Waals surface area contributed by atoms with Gasteiger partial charge in [-0.05, 0) is 32.1 Å². The fourth-order valence-electron chi connectivity index (χ4n) is 3.04. The second-order valence-electron chi connectivity index (χ2n) is 5.81. The first-order valence-corrected chi connectivity index (χ1v) is 7.34. The molecule has 2 fully saturated rings. The van der Waals surface area contributed by atoms with Crippen molar-refractivity contribution in [3.05, 3.63) is 18.2 Å². The molecule has 0 aromatic carbocycles. The maximum atomic E-state index is 5.42. The van der Waals surface area contributed by atoms with E-state index in [4.69, 9.17) is 4.74 Å². The van der Waals surface area contributed by atoms with Gasteiger partial charge in [0.1, 0.15) is 5.82 Å². The molecule has 2 heterocycles. The molecule has 0 aliphatic heterocycles. The summed E-state index contributed by atoms with van der Waals surface area (Å²) < 4.78 is 7.50. The van der Waals surface area contributed by atoms with Crippen LogP contribution in [0.15, 0.2) is 12.4 Å². The van der Waals surface area contributed by atoms with E-state index in [2.05, 4.69) is 24.9 Å². The van der Waals surface area contributed by atoms with Crippen LogP contribution in [0, 0.1) is 0 Å². The lowest BCUT2D eigenvalue weighted by molar-refractivity contribution is 0.108.